The molecule has 0 spiro atoms. The number of amides is 1. The van der Waals surface area contributed by atoms with Crippen LogP contribution in [0.2, 0.25) is 0 Å². The number of nitrogens with one attached hydrogen (secondary N) is 1. The fraction of sp³-hybridized carbons (Fsp3) is 0.909. The summed E-state index contributed by atoms with van der Waals surface area (Å²) < 4.78 is 5.47. The zero-order valence-electron chi connectivity index (χ0n) is 48.7. The summed E-state index contributed by atoms with van der Waals surface area (Å²) in [7, 11) is 0. The number of ether oxygens (including phenoxy) is 1. The Balaban J connectivity index is 3.44. The number of rotatable bonds is 61. The third-order valence-corrected chi connectivity index (χ3v) is 15.2. The molecule has 72 heavy (non-hydrogen) atoms. The zero-order chi connectivity index (χ0) is 52.2. The van der Waals surface area contributed by atoms with Gasteiger partial charge >= 0.3 is 5.97 Å². The van der Waals surface area contributed by atoms with E-state index in [9.17, 15) is 19.8 Å². The standard InChI is InChI=1S/C66H127NO5/c1-3-5-7-9-11-13-15-17-18-19-20-26-29-32-35-38-42-46-50-54-58-64(69)63(62-68)67-65(70)59-55-51-47-43-39-36-33-30-27-24-22-21-23-25-28-31-34-37-41-45-49-53-57-61-72-66(71)60-56-52-48-44-40-16-14-12-10-8-6-4-2/h24,27,54,58,63-64,68-69H,3-23,25-26,28-53,55-57,59-62H2,1-2H3,(H,67,70)/b27-24-,58-54+. The van der Waals surface area contributed by atoms with Crippen molar-refractivity contribution < 1.29 is 24.5 Å². The van der Waals surface area contributed by atoms with Crippen LogP contribution in [0.5, 0.6) is 0 Å². The van der Waals surface area contributed by atoms with Crippen molar-refractivity contribution in [3.8, 4) is 0 Å². The van der Waals surface area contributed by atoms with Crippen LogP contribution in [0.15, 0.2) is 24.3 Å². The van der Waals surface area contributed by atoms with E-state index in [0.29, 0.717) is 19.4 Å². The molecule has 0 rings (SSSR count). The molecule has 0 aliphatic carbocycles. The molecule has 0 heterocycles. The summed E-state index contributed by atoms with van der Waals surface area (Å²) in [5, 5.41) is 23.2. The summed E-state index contributed by atoms with van der Waals surface area (Å²) in [6.45, 7) is 4.93. The molecule has 6 heteroatoms. The second kappa shape index (κ2) is 61.9. The molecular weight excluding hydrogens is 887 g/mol. The van der Waals surface area contributed by atoms with Crippen molar-refractivity contribution in [2.24, 2.45) is 0 Å². The average molecular weight is 1010 g/mol. The molecule has 3 N–H and O–H groups in total. The average Bonchev–Trinajstić information content (AvgIpc) is 3.38. The van der Waals surface area contributed by atoms with Gasteiger partial charge < -0.3 is 20.3 Å². The Morgan fingerprint density at radius 1 is 0.375 bits per heavy atom. The first kappa shape index (κ1) is 70.3. The maximum absolute atomic E-state index is 12.5. The molecule has 2 atom stereocenters. The van der Waals surface area contributed by atoms with Crippen molar-refractivity contribution in [3.05, 3.63) is 24.3 Å². The molecule has 0 aliphatic heterocycles. The van der Waals surface area contributed by atoms with Gasteiger partial charge in [-0.15, -0.1) is 0 Å². The summed E-state index contributed by atoms with van der Waals surface area (Å²) in [6, 6.07) is -0.633. The molecule has 0 aromatic rings. The van der Waals surface area contributed by atoms with Crippen LogP contribution in [0, 0.1) is 0 Å². The van der Waals surface area contributed by atoms with Gasteiger partial charge in [0.2, 0.25) is 5.91 Å². The number of unbranched alkanes of at least 4 members (excludes halogenated alkanes) is 48. The normalized spacial score (nSPS) is 12.7. The summed E-state index contributed by atoms with van der Waals surface area (Å²) in [4.78, 5) is 24.5. The van der Waals surface area contributed by atoms with E-state index in [0.717, 1.165) is 44.9 Å². The van der Waals surface area contributed by atoms with E-state index in [2.05, 4.69) is 31.3 Å². The summed E-state index contributed by atoms with van der Waals surface area (Å²) in [5.41, 5.74) is 0. The first-order valence-corrected chi connectivity index (χ1v) is 32.6. The SMILES string of the molecule is CCCCCCCCCCCCCCCCCCCC/C=C/C(O)C(CO)NC(=O)CCCCCCCCC/C=C\CCCCCCCCCCCCCCOC(=O)CCCCCCCCCCCCCC. The predicted octanol–water partition coefficient (Wildman–Crippen LogP) is 20.6. The number of allylic oxidation sites excluding steroid dienone is 3. The van der Waals surface area contributed by atoms with Crippen molar-refractivity contribution in [1.82, 2.24) is 5.32 Å². The summed E-state index contributed by atoms with van der Waals surface area (Å²) in [6.07, 6.45) is 76.6. The highest BCUT2D eigenvalue weighted by Gasteiger charge is 2.18. The van der Waals surface area contributed by atoms with Crippen LogP contribution < -0.4 is 5.32 Å². The van der Waals surface area contributed by atoms with Crippen LogP contribution in [-0.4, -0.2) is 47.4 Å². The minimum absolute atomic E-state index is 0.0122. The third-order valence-electron chi connectivity index (χ3n) is 15.2. The van der Waals surface area contributed by atoms with E-state index in [4.69, 9.17) is 4.74 Å². The van der Waals surface area contributed by atoms with E-state index in [-0.39, 0.29) is 18.5 Å². The van der Waals surface area contributed by atoms with Gasteiger partial charge in [-0.25, -0.2) is 0 Å². The van der Waals surface area contributed by atoms with E-state index in [1.54, 1.807) is 6.08 Å². The highest BCUT2D eigenvalue weighted by molar-refractivity contribution is 5.76. The van der Waals surface area contributed by atoms with Crippen LogP contribution in [-0.2, 0) is 14.3 Å². The molecule has 6 nitrogen and oxygen atoms in total. The van der Waals surface area contributed by atoms with Gasteiger partial charge in [0.25, 0.3) is 0 Å². The fourth-order valence-corrected chi connectivity index (χ4v) is 10.2. The van der Waals surface area contributed by atoms with Gasteiger partial charge in [-0.2, -0.15) is 0 Å². The summed E-state index contributed by atoms with van der Waals surface area (Å²) >= 11 is 0. The number of carbonyl (C=O) groups is 2. The van der Waals surface area contributed by atoms with Crippen LogP contribution in [0.1, 0.15) is 361 Å². The van der Waals surface area contributed by atoms with E-state index < -0.39 is 12.1 Å². The van der Waals surface area contributed by atoms with Crippen molar-refractivity contribution in [2.45, 2.75) is 373 Å². The maximum Gasteiger partial charge on any atom is 0.305 e. The fourth-order valence-electron chi connectivity index (χ4n) is 10.2. The highest BCUT2D eigenvalue weighted by Crippen LogP contribution is 2.18. The number of aliphatic hydroxyl groups excluding tert-OH is 2. The van der Waals surface area contributed by atoms with E-state index in [1.807, 2.05) is 6.08 Å². The van der Waals surface area contributed by atoms with Gasteiger partial charge in [0, 0.05) is 12.8 Å². The van der Waals surface area contributed by atoms with Gasteiger partial charge in [0.15, 0.2) is 0 Å². The molecule has 0 saturated carbocycles. The largest absolute Gasteiger partial charge is 0.466 e. The Labute approximate surface area is 450 Å². The smallest absolute Gasteiger partial charge is 0.305 e. The van der Waals surface area contributed by atoms with Gasteiger partial charge in [0.05, 0.1) is 25.4 Å². The Hall–Kier alpha value is -1.66. The lowest BCUT2D eigenvalue weighted by Gasteiger charge is -2.20. The molecule has 0 bridgehead atoms. The van der Waals surface area contributed by atoms with Gasteiger partial charge in [-0.3, -0.25) is 9.59 Å². The number of hydrogen-bond acceptors (Lipinski definition) is 5. The lowest BCUT2D eigenvalue weighted by Crippen LogP contribution is -2.45. The Bertz CT molecular complexity index is 1120. The van der Waals surface area contributed by atoms with E-state index >= 15 is 0 Å². The molecule has 0 aliphatic rings. The molecule has 0 radical (unpaired) electrons. The minimum Gasteiger partial charge on any atom is -0.466 e. The maximum atomic E-state index is 12.5. The Kier molecular flexibility index (Phi) is 60.5. The first-order chi connectivity index (χ1) is 35.5. The lowest BCUT2D eigenvalue weighted by atomic mass is 10.0. The van der Waals surface area contributed by atoms with Crippen LogP contribution >= 0.6 is 0 Å². The zero-order valence-corrected chi connectivity index (χ0v) is 48.7. The van der Waals surface area contributed by atoms with Crippen molar-refractivity contribution in [2.75, 3.05) is 13.2 Å². The van der Waals surface area contributed by atoms with Crippen molar-refractivity contribution in [3.63, 3.8) is 0 Å². The summed E-state index contributed by atoms with van der Waals surface area (Å²) in [5.74, 6) is -0.0589. The number of esters is 1. The highest BCUT2D eigenvalue weighted by atomic mass is 16.5. The van der Waals surface area contributed by atoms with Gasteiger partial charge in [0.1, 0.15) is 0 Å². The minimum atomic E-state index is -0.849. The number of carbonyl (C=O) groups excluding carboxylic acids is 2. The second-order valence-electron chi connectivity index (χ2n) is 22.5. The number of aliphatic hydroxyl groups is 2. The van der Waals surface area contributed by atoms with Crippen LogP contribution in [0.25, 0.3) is 0 Å². The molecule has 426 valence electrons. The Morgan fingerprint density at radius 2 is 0.653 bits per heavy atom. The van der Waals surface area contributed by atoms with Crippen LogP contribution in [0.3, 0.4) is 0 Å². The predicted molar refractivity (Wildman–Crippen MR) is 315 cm³/mol. The monoisotopic (exact) mass is 1010 g/mol. The van der Waals surface area contributed by atoms with Crippen molar-refractivity contribution >= 4 is 11.9 Å². The molecular formula is C66H127NO5. The van der Waals surface area contributed by atoms with Crippen LogP contribution in [0.4, 0.5) is 0 Å². The molecule has 0 fully saturated rings. The molecule has 1 amide bonds. The quantitative estimate of drug-likeness (QED) is 0.0320. The first-order valence-electron chi connectivity index (χ1n) is 32.6. The molecule has 2 unspecified atom stereocenters. The topological polar surface area (TPSA) is 95.9 Å². The van der Waals surface area contributed by atoms with Gasteiger partial charge in [-0.1, -0.05) is 314 Å². The molecule has 0 aromatic heterocycles. The second-order valence-corrected chi connectivity index (χ2v) is 22.5. The molecule has 0 aromatic carbocycles. The lowest BCUT2D eigenvalue weighted by molar-refractivity contribution is -0.143. The van der Waals surface area contributed by atoms with Crippen molar-refractivity contribution in [1.29, 1.82) is 0 Å². The number of hydrogen-bond donors (Lipinski definition) is 3. The van der Waals surface area contributed by atoms with E-state index in [1.165, 1.54) is 289 Å². The molecule has 0 saturated heterocycles. The third kappa shape index (κ3) is 57.6. The van der Waals surface area contributed by atoms with Gasteiger partial charge in [-0.05, 0) is 57.8 Å². The Morgan fingerprint density at radius 3 is 0.986 bits per heavy atom.